The lowest BCUT2D eigenvalue weighted by atomic mass is 9.78. The van der Waals surface area contributed by atoms with Gasteiger partial charge in [0.2, 0.25) is 0 Å². The lowest BCUT2D eigenvalue weighted by Crippen LogP contribution is -2.64. The smallest absolute Gasteiger partial charge is 0.0862 e. The molecular weight excluding hydrogens is 613 g/mol. The fourth-order valence-electron chi connectivity index (χ4n) is 9.18. The second-order valence-electron chi connectivity index (χ2n) is 14.6. The molecule has 10 rings (SSSR count). The molecule has 1 saturated heterocycles. The molecule has 6 heteroatoms. The Kier molecular flexibility index (Phi) is 7.48. The molecule has 6 nitrogen and oxygen atoms in total. The summed E-state index contributed by atoms with van der Waals surface area (Å²) in [6.07, 6.45) is 34.2. The van der Waals surface area contributed by atoms with Gasteiger partial charge < -0.3 is 15.5 Å². The van der Waals surface area contributed by atoms with Crippen LogP contribution in [0.2, 0.25) is 0 Å². The molecule has 1 fully saturated rings. The SMILES string of the molecule is C1=CNC(C2NC(c3ccccc3)NC(c3ccc(N4C5=CC=C(C6=CC=C7NC8=C(C=CCC8)C7C6)CC5C5=C4CCC=C5)cc3)N2)C=C1. The van der Waals surface area contributed by atoms with E-state index in [0.29, 0.717) is 11.8 Å². The summed E-state index contributed by atoms with van der Waals surface area (Å²) in [6, 6.07) is 20.1. The Morgan fingerprint density at radius 3 is 2.20 bits per heavy atom. The number of allylic oxidation sites excluding steroid dienone is 16. The monoisotopic (exact) mass is 656 g/mol. The molecule has 0 spiro atoms. The summed E-state index contributed by atoms with van der Waals surface area (Å²) >= 11 is 0. The van der Waals surface area contributed by atoms with Gasteiger partial charge in [0.05, 0.1) is 24.5 Å². The molecule has 0 radical (unpaired) electrons. The fraction of sp³-hybridized carbons (Fsp3) is 0.273. The van der Waals surface area contributed by atoms with Gasteiger partial charge in [-0.2, -0.15) is 0 Å². The number of anilines is 1. The van der Waals surface area contributed by atoms with Crippen molar-refractivity contribution in [3.8, 4) is 0 Å². The highest BCUT2D eigenvalue weighted by Gasteiger charge is 2.40. The number of nitrogens with one attached hydrogen (secondary N) is 5. The van der Waals surface area contributed by atoms with Crippen LogP contribution in [0.4, 0.5) is 5.69 Å². The highest BCUT2D eigenvalue weighted by atomic mass is 15.4. The molecule has 6 unspecified atom stereocenters. The largest absolute Gasteiger partial charge is 0.382 e. The molecule has 0 aromatic heterocycles. The molecule has 2 aromatic carbocycles. The first-order valence-electron chi connectivity index (χ1n) is 18.5. The average Bonchev–Trinajstić information content (AvgIpc) is 3.73. The third-order valence-corrected chi connectivity index (χ3v) is 11.7. The number of fused-ring (bicyclic) bond motifs is 4. The summed E-state index contributed by atoms with van der Waals surface area (Å²) in [5, 5.41) is 18.7. The number of nitrogens with zero attached hydrogens (tertiary/aromatic N) is 1. The van der Waals surface area contributed by atoms with Gasteiger partial charge in [-0.15, -0.1) is 0 Å². The molecule has 6 atom stereocenters. The minimum atomic E-state index is -0.0101. The predicted octanol–water partition coefficient (Wildman–Crippen LogP) is 7.83. The van der Waals surface area contributed by atoms with Gasteiger partial charge in [0.1, 0.15) is 0 Å². The van der Waals surface area contributed by atoms with Crippen LogP contribution in [-0.2, 0) is 0 Å². The van der Waals surface area contributed by atoms with Crippen LogP contribution < -0.4 is 31.5 Å². The van der Waals surface area contributed by atoms with Gasteiger partial charge in [0, 0.05) is 40.3 Å². The van der Waals surface area contributed by atoms with Crippen LogP contribution in [0.15, 0.2) is 173 Å². The second-order valence-corrected chi connectivity index (χ2v) is 14.6. The molecule has 0 amide bonds. The molecule has 50 heavy (non-hydrogen) atoms. The molecule has 5 N–H and O–H groups in total. The van der Waals surface area contributed by atoms with Crippen molar-refractivity contribution in [2.75, 3.05) is 4.90 Å². The summed E-state index contributed by atoms with van der Waals surface area (Å²) in [4.78, 5) is 2.57. The van der Waals surface area contributed by atoms with E-state index in [1.54, 1.807) is 0 Å². The lowest BCUT2D eigenvalue weighted by Gasteiger charge is -2.42. The Labute approximate surface area is 295 Å². The summed E-state index contributed by atoms with van der Waals surface area (Å²) in [5.74, 6) is 0.869. The normalized spacial score (nSPS) is 30.8. The Morgan fingerprint density at radius 2 is 1.40 bits per heavy atom. The first kappa shape index (κ1) is 30.0. The molecule has 2 aromatic rings. The first-order chi connectivity index (χ1) is 24.8. The quantitative estimate of drug-likeness (QED) is 0.226. The number of hydrogen-bond acceptors (Lipinski definition) is 6. The van der Waals surface area contributed by atoms with Crippen molar-refractivity contribution in [1.29, 1.82) is 0 Å². The van der Waals surface area contributed by atoms with Crippen molar-refractivity contribution in [1.82, 2.24) is 26.6 Å². The van der Waals surface area contributed by atoms with Crippen LogP contribution in [0, 0.1) is 11.8 Å². The maximum absolute atomic E-state index is 3.84. The van der Waals surface area contributed by atoms with E-state index in [2.05, 4.69) is 147 Å². The number of dihydropyridines is 1. The van der Waals surface area contributed by atoms with Crippen LogP contribution in [0.1, 0.15) is 62.0 Å². The zero-order chi connectivity index (χ0) is 33.0. The van der Waals surface area contributed by atoms with Gasteiger partial charge >= 0.3 is 0 Å². The van der Waals surface area contributed by atoms with E-state index in [1.807, 2.05) is 12.3 Å². The van der Waals surface area contributed by atoms with Crippen molar-refractivity contribution in [2.45, 2.75) is 63.1 Å². The highest BCUT2D eigenvalue weighted by molar-refractivity contribution is 5.69. The van der Waals surface area contributed by atoms with E-state index in [4.69, 9.17) is 0 Å². The predicted molar refractivity (Wildman–Crippen MR) is 202 cm³/mol. The molecule has 8 aliphatic rings. The van der Waals surface area contributed by atoms with Crippen LogP contribution >= 0.6 is 0 Å². The van der Waals surface area contributed by atoms with E-state index < -0.39 is 0 Å². The molecule has 4 aliphatic heterocycles. The second kappa shape index (κ2) is 12.5. The van der Waals surface area contributed by atoms with Crippen molar-refractivity contribution < 1.29 is 0 Å². The minimum Gasteiger partial charge on any atom is -0.382 e. The van der Waals surface area contributed by atoms with Crippen LogP contribution in [0.3, 0.4) is 0 Å². The third-order valence-electron chi connectivity index (χ3n) is 11.7. The van der Waals surface area contributed by atoms with Crippen LogP contribution in [0.5, 0.6) is 0 Å². The Morgan fingerprint density at radius 1 is 0.660 bits per heavy atom. The molecular formula is C44H44N6. The molecule has 4 aliphatic carbocycles. The highest BCUT2D eigenvalue weighted by Crippen LogP contribution is 2.51. The Bertz CT molecular complexity index is 2020. The standard InChI is InChI=1S/C44H44N6/c1-2-10-28(11-3-1)42-47-43(49-44(48-42)39-15-8-9-25-45-39)29-17-21-32(22-18-29)50-40-16-7-5-13-34(40)36-27-31(20-24-41(36)50)30-19-23-38-35(26-30)33-12-4-6-14-37(33)46-38/h1-5,8-13,15,17-25,35-36,39,42-49H,6-7,14,16,26-27H2. The van der Waals surface area contributed by atoms with Gasteiger partial charge in [-0.3, -0.25) is 16.0 Å². The van der Waals surface area contributed by atoms with E-state index in [-0.39, 0.29) is 24.5 Å². The topological polar surface area (TPSA) is 63.4 Å². The van der Waals surface area contributed by atoms with Gasteiger partial charge in [-0.25, -0.2) is 0 Å². The molecule has 0 bridgehead atoms. The first-order valence-corrected chi connectivity index (χ1v) is 18.5. The van der Waals surface area contributed by atoms with E-state index in [9.17, 15) is 0 Å². The van der Waals surface area contributed by atoms with Crippen LogP contribution in [0.25, 0.3) is 0 Å². The number of benzene rings is 2. The van der Waals surface area contributed by atoms with Crippen molar-refractivity contribution in [3.05, 3.63) is 184 Å². The van der Waals surface area contributed by atoms with E-state index >= 15 is 0 Å². The van der Waals surface area contributed by atoms with Gasteiger partial charge in [-0.1, -0.05) is 91.1 Å². The van der Waals surface area contributed by atoms with E-state index in [1.165, 1.54) is 61.9 Å². The molecule has 250 valence electrons. The number of hydrogen-bond donors (Lipinski definition) is 5. The maximum atomic E-state index is 3.84. The fourth-order valence-corrected chi connectivity index (χ4v) is 9.18. The Hall–Kier alpha value is -4.88. The molecule has 4 heterocycles. The summed E-state index contributed by atoms with van der Waals surface area (Å²) in [7, 11) is 0. The van der Waals surface area contributed by atoms with Crippen molar-refractivity contribution >= 4 is 5.69 Å². The zero-order valence-corrected chi connectivity index (χ0v) is 28.3. The molecule has 0 saturated carbocycles. The van der Waals surface area contributed by atoms with E-state index in [0.717, 1.165) is 38.5 Å². The third kappa shape index (κ3) is 5.21. The summed E-state index contributed by atoms with van der Waals surface area (Å²) < 4.78 is 0. The van der Waals surface area contributed by atoms with Crippen molar-refractivity contribution in [2.24, 2.45) is 11.8 Å². The minimum absolute atomic E-state index is 0.0101. The maximum Gasteiger partial charge on any atom is 0.0862 e. The lowest BCUT2D eigenvalue weighted by molar-refractivity contribution is 0.184. The summed E-state index contributed by atoms with van der Waals surface area (Å²) in [6.45, 7) is 0. The average molecular weight is 657 g/mol. The van der Waals surface area contributed by atoms with Gasteiger partial charge in [0.15, 0.2) is 0 Å². The number of rotatable bonds is 5. The summed E-state index contributed by atoms with van der Waals surface area (Å²) in [5.41, 5.74) is 15.4. The zero-order valence-electron chi connectivity index (χ0n) is 28.3. The van der Waals surface area contributed by atoms with Gasteiger partial charge in [-0.05, 0) is 109 Å². The van der Waals surface area contributed by atoms with Crippen LogP contribution in [-0.4, -0.2) is 12.2 Å². The van der Waals surface area contributed by atoms with Gasteiger partial charge in [0.25, 0.3) is 0 Å². The Balaban J connectivity index is 0.925. The van der Waals surface area contributed by atoms with Crippen molar-refractivity contribution in [3.63, 3.8) is 0 Å².